The number of hydrogen-bond donors (Lipinski definition) is 0. The van der Waals surface area contributed by atoms with E-state index in [0.29, 0.717) is 32.3 Å². The van der Waals surface area contributed by atoms with Crippen LogP contribution in [0, 0.1) is 0 Å². The molecule has 0 radical (unpaired) electrons. The zero-order valence-corrected chi connectivity index (χ0v) is 13.1. The van der Waals surface area contributed by atoms with Crippen molar-refractivity contribution in [1.82, 2.24) is 9.47 Å². The minimum atomic E-state index is 0.0970. The molecule has 1 amide bonds. The first-order valence-corrected chi connectivity index (χ1v) is 7.71. The Balaban J connectivity index is 2.08. The van der Waals surface area contributed by atoms with Crippen LogP contribution < -0.4 is 0 Å². The molecule has 1 saturated carbocycles. The molecule has 0 bridgehead atoms. The standard InChI is InChI=1S/C14H21BrN2O2/c1-3-16(7-8-19-4-2)14(18)13-9-11(15)10-17(13)12-5-6-12/h9-10,12H,3-8H2,1-2H3. The molecular weight excluding hydrogens is 308 g/mol. The molecular formula is C14H21BrN2O2. The maximum Gasteiger partial charge on any atom is 0.270 e. The summed E-state index contributed by atoms with van der Waals surface area (Å²) in [4.78, 5) is 14.4. The molecule has 2 rings (SSSR count). The van der Waals surface area contributed by atoms with Crippen LogP contribution in [0.1, 0.15) is 43.2 Å². The molecule has 5 heteroatoms. The van der Waals surface area contributed by atoms with Gasteiger partial charge in [0.25, 0.3) is 5.91 Å². The molecule has 0 unspecified atom stereocenters. The maximum absolute atomic E-state index is 12.6. The van der Waals surface area contributed by atoms with Gasteiger partial charge < -0.3 is 14.2 Å². The molecule has 1 aliphatic rings. The fourth-order valence-electron chi connectivity index (χ4n) is 2.16. The molecule has 1 aromatic heterocycles. The first-order chi connectivity index (χ1) is 9.17. The molecule has 19 heavy (non-hydrogen) atoms. The lowest BCUT2D eigenvalue weighted by molar-refractivity contribution is 0.0659. The largest absolute Gasteiger partial charge is 0.380 e. The van der Waals surface area contributed by atoms with Gasteiger partial charge in [0.15, 0.2) is 0 Å². The fourth-order valence-corrected chi connectivity index (χ4v) is 2.59. The van der Waals surface area contributed by atoms with Crippen molar-refractivity contribution in [2.75, 3.05) is 26.3 Å². The van der Waals surface area contributed by atoms with Gasteiger partial charge in [-0.2, -0.15) is 0 Å². The fraction of sp³-hybridized carbons (Fsp3) is 0.643. The molecule has 0 atom stereocenters. The number of nitrogens with zero attached hydrogens (tertiary/aromatic N) is 2. The van der Waals surface area contributed by atoms with Gasteiger partial charge in [-0.3, -0.25) is 4.79 Å². The topological polar surface area (TPSA) is 34.5 Å². The third-order valence-corrected chi connectivity index (χ3v) is 3.79. The van der Waals surface area contributed by atoms with Crippen molar-refractivity contribution in [2.45, 2.75) is 32.7 Å². The number of likely N-dealkylation sites (N-methyl/N-ethyl adjacent to an activating group) is 1. The molecule has 0 aromatic carbocycles. The Bertz CT molecular complexity index is 441. The maximum atomic E-state index is 12.6. The lowest BCUT2D eigenvalue weighted by atomic mass is 10.3. The molecule has 106 valence electrons. The van der Waals surface area contributed by atoms with E-state index in [1.165, 1.54) is 12.8 Å². The molecule has 0 spiro atoms. The lowest BCUT2D eigenvalue weighted by Crippen LogP contribution is -2.35. The molecule has 0 saturated heterocycles. The summed E-state index contributed by atoms with van der Waals surface area (Å²) in [5, 5.41) is 0. The number of rotatable bonds is 7. The second-order valence-electron chi connectivity index (χ2n) is 4.76. The van der Waals surface area contributed by atoms with Crippen LogP contribution >= 0.6 is 15.9 Å². The third kappa shape index (κ3) is 3.60. The van der Waals surface area contributed by atoms with Crippen LogP contribution in [0.3, 0.4) is 0 Å². The van der Waals surface area contributed by atoms with E-state index < -0.39 is 0 Å². The molecule has 1 heterocycles. The van der Waals surface area contributed by atoms with E-state index in [1.807, 2.05) is 31.0 Å². The van der Waals surface area contributed by atoms with E-state index in [4.69, 9.17) is 4.74 Å². The van der Waals surface area contributed by atoms with Gasteiger partial charge in [0.1, 0.15) is 5.69 Å². The highest BCUT2D eigenvalue weighted by Crippen LogP contribution is 2.37. The summed E-state index contributed by atoms with van der Waals surface area (Å²) in [7, 11) is 0. The van der Waals surface area contributed by atoms with Gasteiger partial charge >= 0.3 is 0 Å². The monoisotopic (exact) mass is 328 g/mol. The zero-order valence-electron chi connectivity index (χ0n) is 11.6. The highest BCUT2D eigenvalue weighted by Gasteiger charge is 2.29. The number of aromatic nitrogens is 1. The van der Waals surface area contributed by atoms with Crippen molar-refractivity contribution in [3.05, 3.63) is 22.4 Å². The smallest absolute Gasteiger partial charge is 0.270 e. The van der Waals surface area contributed by atoms with Gasteiger partial charge in [-0.25, -0.2) is 0 Å². The van der Waals surface area contributed by atoms with Crippen LogP contribution in [0.2, 0.25) is 0 Å². The average molecular weight is 329 g/mol. The number of halogens is 1. The predicted molar refractivity (Wildman–Crippen MR) is 78.5 cm³/mol. The van der Waals surface area contributed by atoms with Crippen LogP contribution in [-0.4, -0.2) is 41.7 Å². The Morgan fingerprint density at radius 3 is 2.84 bits per heavy atom. The Kier molecular flexibility index (Phi) is 5.05. The van der Waals surface area contributed by atoms with Crippen molar-refractivity contribution >= 4 is 21.8 Å². The Labute approximate surface area is 122 Å². The first kappa shape index (κ1) is 14.6. The van der Waals surface area contributed by atoms with Gasteiger partial charge in [-0.15, -0.1) is 0 Å². The van der Waals surface area contributed by atoms with Crippen LogP contribution in [0.5, 0.6) is 0 Å². The molecule has 1 fully saturated rings. The van der Waals surface area contributed by atoms with Gasteiger partial charge in [-0.05, 0) is 48.7 Å². The Morgan fingerprint density at radius 2 is 2.26 bits per heavy atom. The summed E-state index contributed by atoms with van der Waals surface area (Å²) in [5.74, 6) is 0.0970. The predicted octanol–water partition coefficient (Wildman–Crippen LogP) is 3.08. The van der Waals surface area contributed by atoms with E-state index in [0.717, 1.165) is 10.2 Å². The quantitative estimate of drug-likeness (QED) is 0.721. The summed E-state index contributed by atoms with van der Waals surface area (Å²) >= 11 is 3.47. The van der Waals surface area contributed by atoms with Crippen molar-refractivity contribution in [1.29, 1.82) is 0 Å². The highest BCUT2D eigenvalue weighted by molar-refractivity contribution is 9.10. The SMILES string of the molecule is CCOCCN(CC)C(=O)c1cc(Br)cn1C1CC1. The molecule has 1 aromatic rings. The van der Waals surface area contributed by atoms with E-state index in [2.05, 4.69) is 20.5 Å². The van der Waals surface area contributed by atoms with Crippen LogP contribution in [0.15, 0.2) is 16.7 Å². The summed E-state index contributed by atoms with van der Waals surface area (Å²) in [6.07, 6.45) is 4.36. The Hall–Kier alpha value is -0.810. The minimum absolute atomic E-state index is 0.0970. The summed E-state index contributed by atoms with van der Waals surface area (Å²) < 4.78 is 8.42. The number of carbonyl (C=O) groups is 1. The average Bonchev–Trinajstić information content (AvgIpc) is 3.17. The zero-order chi connectivity index (χ0) is 13.8. The summed E-state index contributed by atoms with van der Waals surface area (Å²) in [6, 6.07) is 2.43. The van der Waals surface area contributed by atoms with Crippen molar-refractivity contribution in [3.63, 3.8) is 0 Å². The second-order valence-corrected chi connectivity index (χ2v) is 5.68. The first-order valence-electron chi connectivity index (χ1n) is 6.91. The van der Waals surface area contributed by atoms with E-state index >= 15 is 0 Å². The van der Waals surface area contributed by atoms with Crippen LogP contribution in [0.25, 0.3) is 0 Å². The van der Waals surface area contributed by atoms with Gasteiger partial charge in [0.05, 0.1) is 6.61 Å². The lowest BCUT2D eigenvalue weighted by Gasteiger charge is -2.21. The summed E-state index contributed by atoms with van der Waals surface area (Å²) in [5.41, 5.74) is 0.785. The third-order valence-electron chi connectivity index (χ3n) is 3.35. The van der Waals surface area contributed by atoms with Crippen LogP contribution in [0.4, 0.5) is 0 Å². The number of carbonyl (C=O) groups excluding carboxylic acids is 1. The van der Waals surface area contributed by atoms with Crippen LogP contribution in [-0.2, 0) is 4.74 Å². The minimum Gasteiger partial charge on any atom is -0.380 e. The Morgan fingerprint density at radius 1 is 1.53 bits per heavy atom. The van der Waals surface area contributed by atoms with Crippen molar-refractivity contribution < 1.29 is 9.53 Å². The van der Waals surface area contributed by atoms with Gasteiger partial charge in [-0.1, -0.05) is 0 Å². The number of ether oxygens (including phenoxy) is 1. The number of hydrogen-bond acceptors (Lipinski definition) is 2. The van der Waals surface area contributed by atoms with E-state index in [1.54, 1.807) is 0 Å². The molecule has 0 aliphatic heterocycles. The van der Waals surface area contributed by atoms with E-state index in [9.17, 15) is 4.79 Å². The molecule has 1 aliphatic carbocycles. The highest BCUT2D eigenvalue weighted by atomic mass is 79.9. The molecule has 0 N–H and O–H groups in total. The van der Waals surface area contributed by atoms with E-state index in [-0.39, 0.29) is 5.91 Å². The van der Waals surface area contributed by atoms with Crippen molar-refractivity contribution in [3.8, 4) is 0 Å². The van der Waals surface area contributed by atoms with Crippen molar-refractivity contribution in [2.24, 2.45) is 0 Å². The second kappa shape index (κ2) is 6.57. The van der Waals surface area contributed by atoms with Gasteiger partial charge in [0, 0.05) is 36.4 Å². The summed E-state index contributed by atoms with van der Waals surface area (Å²) in [6.45, 7) is 6.61. The number of amides is 1. The molecule has 4 nitrogen and oxygen atoms in total. The normalized spacial score (nSPS) is 14.7. The van der Waals surface area contributed by atoms with Gasteiger partial charge in [0.2, 0.25) is 0 Å².